The molecule has 2 rings (SSSR count). The Bertz CT molecular complexity index is 688. The standard InChI is InChI=1S/C17H16N2O3/c1-20-16-5-3-4-15(17(16)21-2)11-19-22-12-14-8-6-13(10-18)7-9-14/h3-9,11H,12H2,1-2H3/b19-11+. The molecule has 0 bridgehead atoms. The smallest absolute Gasteiger partial charge is 0.169 e. The molecule has 0 spiro atoms. The summed E-state index contributed by atoms with van der Waals surface area (Å²) in [5.74, 6) is 1.24. The Kier molecular flexibility index (Phi) is 5.38. The highest BCUT2D eigenvalue weighted by atomic mass is 16.6. The van der Waals surface area contributed by atoms with E-state index in [9.17, 15) is 0 Å². The van der Waals surface area contributed by atoms with E-state index in [1.165, 1.54) is 0 Å². The van der Waals surface area contributed by atoms with Gasteiger partial charge in [0.2, 0.25) is 0 Å². The van der Waals surface area contributed by atoms with Crippen LogP contribution in [0, 0.1) is 11.3 Å². The summed E-state index contributed by atoms with van der Waals surface area (Å²) >= 11 is 0. The van der Waals surface area contributed by atoms with Crippen LogP contribution in [0.2, 0.25) is 0 Å². The van der Waals surface area contributed by atoms with Gasteiger partial charge in [0.15, 0.2) is 11.5 Å². The third-order valence-electron chi connectivity index (χ3n) is 3.01. The first-order chi connectivity index (χ1) is 10.8. The molecule has 2 aromatic rings. The van der Waals surface area contributed by atoms with E-state index >= 15 is 0 Å². The van der Waals surface area contributed by atoms with Crippen LogP contribution in [0.3, 0.4) is 0 Å². The SMILES string of the molecule is COc1cccc(/C=N/OCc2ccc(C#N)cc2)c1OC. The summed E-state index contributed by atoms with van der Waals surface area (Å²) in [7, 11) is 3.16. The lowest BCUT2D eigenvalue weighted by molar-refractivity contribution is 0.132. The minimum Gasteiger partial charge on any atom is -0.493 e. The molecule has 0 fully saturated rings. The lowest BCUT2D eigenvalue weighted by Gasteiger charge is -2.09. The van der Waals surface area contributed by atoms with Crippen LogP contribution in [-0.4, -0.2) is 20.4 Å². The minimum atomic E-state index is 0.328. The molecule has 0 aliphatic heterocycles. The number of nitrogens with zero attached hydrogens (tertiary/aromatic N) is 2. The summed E-state index contributed by atoms with van der Waals surface area (Å²) < 4.78 is 10.5. The van der Waals surface area contributed by atoms with Gasteiger partial charge in [-0.2, -0.15) is 5.26 Å². The predicted octanol–water partition coefficient (Wildman–Crippen LogP) is 3.13. The van der Waals surface area contributed by atoms with Gasteiger partial charge < -0.3 is 14.3 Å². The normalized spacial score (nSPS) is 10.2. The number of hydrogen-bond donors (Lipinski definition) is 0. The van der Waals surface area contributed by atoms with E-state index in [-0.39, 0.29) is 0 Å². The highest BCUT2D eigenvalue weighted by Crippen LogP contribution is 2.29. The molecule has 0 unspecified atom stereocenters. The molecular weight excluding hydrogens is 280 g/mol. The summed E-state index contributed by atoms with van der Waals surface area (Å²) in [5, 5.41) is 12.7. The summed E-state index contributed by atoms with van der Waals surface area (Å²) in [6.07, 6.45) is 1.57. The number of benzene rings is 2. The van der Waals surface area contributed by atoms with E-state index in [1.807, 2.05) is 30.3 Å². The van der Waals surface area contributed by atoms with Crippen LogP contribution in [0.25, 0.3) is 0 Å². The number of oxime groups is 1. The van der Waals surface area contributed by atoms with Crippen LogP contribution in [-0.2, 0) is 11.4 Å². The van der Waals surface area contributed by atoms with Crippen molar-refractivity contribution in [3.63, 3.8) is 0 Å². The third kappa shape index (κ3) is 3.76. The van der Waals surface area contributed by atoms with Gasteiger partial charge in [0.05, 0.1) is 32.1 Å². The summed E-state index contributed by atoms with van der Waals surface area (Å²) in [4.78, 5) is 5.26. The van der Waals surface area contributed by atoms with Crippen molar-refractivity contribution in [2.45, 2.75) is 6.61 Å². The monoisotopic (exact) mass is 296 g/mol. The summed E-state index contributed by atoms with van der Waals surface area (Å²) in [6.45, 7) is 0.328. The van der Waals surface area contributed by atoms with E-state index in [0.29, 0.717) is 23.7 Å². The van der Waals surface area contributed by atoms with E-state index in [1.54, 1.807) is 32.6 Å². The Labute approximate surface area is 129 Å². The number of nitriles is 1. The predicted molar refractivity (Wildman–Crippen MR) is 83.1 cm³/mol. The van der Waals surface area contributed by atoms with Crippen molar-refractivity contribution >= 4 is 6.21 Å². The first-order valence-electron chi connectivity index (χ1n) is 6.64. The molecule has 0 saturated heterocycles. The van der Waals surface area contributed by atoms with Gasteiger partial charge in [0, 0.05) is 5.56 Å². The van der Waals surface area contributed by atoms with Crippen LogP contribution >= 0.6 is 0 Å². The average molecular weight is 296 g/mol. The number of methoxy groups -OCH3 is 2. The zero-order chi connectivity index (χ0) is 15.8. The Morgan fingerprint density at radius 2 is 1.86 bits per heavy atom. The van der Waals surface area contributed by atoms with Crippen molar-refractivity contribution in [3.8, 4) is 17.6 Å². The van der Waals surface area contributed by atoms with Gasteiger partial charge in [-0.1, -0.05) is 23.4 Å². The quantitative estimate of drug-likeness (QED) is 0.607. The highest BCUT2D eigenvalue weighted by molar-refractivity contribution is 5.84. The second kappa shape index (κ2) is 7.70. The van der Waals surface area contributed by atoms with Crippen LogP contribution in [0.5, 0.6) is 11.5 Å². The third-order valence-corrected chi connectivity index (χ3v) is 3.01. The molecule has 0 heterocycles. The van der Waals surface area contributed by atoms with Crippen LogP contribution in [0.1, 0.15) is 16.7 Å². The van der Waals surface area contributed by atoms with Gasteiger partial charge in [0.25, 0.3) is 0 Å². The molecular formula is C17H16N2O3. The molecule has 0 atom stereocenters. The zero-order valence-corrected chi connectivity index (χ0v) is 12.4. The van der Waals surface area contributed by atoms with Crippen molar-refractivity contribution < 1.29 is 14.3 Å². The van der Waals surface area contributed by atoms with Gasteiger partial charge >= 0.3 is 0 Å². The second-order valence-electron chi connectivity index (χ2n) is 4.40. The fourth-order valence-corrected chi connectivity index (χ4v) is 1.90. The molecule has 0 N–H and O–H groups in total. The summed E-state index contributed by atoms with van der Waals surface area (Å²) in [6, 6.07) is 14.7. The Hall–Kier alpha value is -3.00. The Morgan fingerprint density at radius 3 is 2.50 bits per heavy atom. The van der Waals surface area contributed by atoms with E-state index < -0.39 is 0 Å². The average Bonchev–Trinajstić information content (AvgIpc) is 2.58. The first-order valence-corrected chi connectivity index (χ1v) is 6.64. The molecule has 22 heavy (non-hydrogen) atoms. The van der Waals surface area contributed by atoms with Crippen LogP contribution in [0.4, 0.5) is 0 Å². The maximum Gasteiger partial charge on any atom is 0.169 e. The number of ether oxygens (including phenoxy) is 2. The van der Waals surface area contributed by atoms with Crippen molar-refractivity contribution in [1.29, 1.82) is 5.26 Å². The number of rotatable bonds is 6. The van der Waals surface area contributed by atoms with Gasteiger partial charge in [-0.3, -0.25) is 0 Å². The van der Waals surface area contributed by atoms with E-state index in [0.717, 1.165) is 11.1 Å². The fourth-order valence-electron chi connectivity index (χ4n) is 1.90. The molecule has 0 radical (unpaired) electrons. The molecule has 0 saturated carbocycles. The van der Waals surface area contributed by atoms with Gasteiger partial charge in [0.1, 0.15) is 6.61 Å². The Morgan fingerprint density at radius 1 is 1.09 bits per heavy atom. The lowest BCUT2D eigenvalue weighted by atomic mass is 10.2. The first kappa shape index (κ1) is 15.4. The number of para-hydroxylation sites is 1. The molecule has 2 aromatic carbocycles. The Balaban J connectivity index is 1.99. The maximum atomic E-state index is 8.73. The second-order valence-corrected chi connectivity index (χ2v) is 4.40. The highest BCUT2D eigenvalue weighted by Gasteiger charge is 2.07. The summed E-state index contributed by atoms with van der Waals surface area (Å²) in [5.41, 5.74) is 2.32. The molecule has 0 amide bonds. The maximum absolute atomic E-state index is 8.73. The fraction of sp³-hybridized carbons (Fsp3) is 0.176. The lowest BCUT2D eigenvalue weighted by Crippen LogP contribution is -1.95. The van der Waals surface area contributed by atoms with Gasteiger partial charge in [-0.05, 0) is 29.8 Å². The van der Waals surface area contributed by atoms with Crippen molar-refractivity contribution in [2.75, 3.05) is 14.2 Å². The van der Waals surface area contributed by atoms with Crippen molar-refractivity contribution in [2.24, 2.45) is 5.16 Å². The van der Waals surface area contributed by atoms with Gasteiger partial charge in [-0.25, -0.2) is 0 Å². The molecule has 0 aromatic heterocycles. The van der Waals surface area contributed by atoms with E-state index in [2.05, 4.69) is 11.2 Å². The van der Waals surface area contributed by atoms with Crippen molar-refractivity contribution in [3.05, 3.63) is 59.2 Å². The largest absolute Gasteiger partial charge is 0.493 e. The molecule has 5 nitrogen and oxygen atoms in total. The molecule has 0 aliphatic rings. The molecule has 0 aliphatic carbocycles. The molecule has 5 heteroatoms. The number of hydrogen-bond acceptors (Lipinski definition) is 5. The van der Waals surface area contributed by atoms with Crippen LogP contribution < -0.4 is 9.47 Å². The van der Waals surface area contributed by atoms with Crippen LogP contribution in [0.15, 0.2) is 47.6 Å². The zero-order valence-electron chi connectivity index (χ0n) is 12.4. The topological polar surface area (TPSA) is 63.8 Å². The minimum absolute atomic E-state index is 0.328. The van der Waals surface area contributed by atoms with Crippen molar-refractivity contribution in [1.82, 2.24) is 0 Å². The molecule has 112 valence electrons. The van der Waals surface area contributed by atoms with E-state index in [4.69, 9.17) is 19.6 Å². The van der Waals surface area contributed by atoms with Gasteiger partial charge in [-0.15, -0.1) is 0 Å².